The molecular formula is C20H26ClN3O3S. The quantitative estimate of drug-likeness (QED) is 0.801. The van der Waals surface area contributed by atoms with E-state index in [-0.39, 0.29) is 29.3 Å². The highest BCUT2D eigenvalue weighted by Crippen LogP contribution is 2.24. The molecule has 8 heteroatoms. The first-order valence-corrected chi connectivity index (χ1v) is 10.6. The van der Waals surface area contributed by atoms with Gasteiger partial charge in [-0.25, -0.2) is 8.42 Å². The van der Waals surface area contributed by atoms with Crippen molar-refractivity contribution < 1.29 is 13.2 Å². The van der Waals surface area contributed by atoms with Crippen LogP contribution in [-0.4, -0.2) is 44.9 Å². The van der Waals surface area contributed by atoms with Crippen molar-refractivity contribution in [2.24, 2.45) is 5.73 Å². The maximum atomic E-state index is 13.1. The molecule has 0 bridgehead atoms. The summed E-state index contributed by atoms with van der Waals surface area (Å²) in [5.41, 5.74) is 6.88. The number of carbonyl (C=O) groups is 1. The van der Waals surface area contributed by atoms with Crippen LogP contribution in [0.4, 0.5) is 5.69 Å². The number of hydrogen-bond donors (Lipinski definition) is 1. The second-order valence-electron chi connectivity index (χ2n) is 6.66. The summed E-state index contributed by atoms with van der Waals surface area (Å²) >= 11 is 0. The zero-order valence-corrected chi connectivity index (χ0v) is 17.5. The molecule has 28 heavy (non-hydrogen) atoms. The molecule has 1 saturated heterocycles. The third-order valence-corrected chi connectivity index (χ3v) is 6.73. The van der Waals surface area contributed by atoms with Crippen molar-refractivity contribution in [3.05, 3.63) is 60.2 Å². The van der Waals surface area contributed by atoms with Crippen LogP contribution in [0.25, 0.3) is 0 Å². The summed E-state index contributed by atoms with van der Waals surface area (Å²) in [6.45, 7) is 3.29. The van der Waals surface area contributed by atoms with E-state index in [0.717, 1.165) is 12.8 Å². The van der Waals surface area contributed by atoms with Gasteiger partial charge in [0.1, 0.15) is 0 Å². The Morgan fingerprint density at radius 1 is 1.11 bits per heavy atom. The lowest BCUT2D eigenvalue weighted by Crippen LogP contribution is -2.42. The molecule has 0 atom stereocenters. The Morgan fingerprint density at radius 2 is 1.75 bits per heavy atom. The number of nitrogens with two attached hydrogens (primary N) is 1. The summed E-state index contributed by atoms with van der Waals surface area (Å²) in [7, 11) is -3.76. The van der Waals surface area contributed by atoms with Crippen molar-refractivity contribution in [3.8, 4) is 0 Å². The van der Waals surface area contributed by atoms with E-state index in [0.29, 0.717) is 30.9 Å². The van der Waals surface area contributed by atoms with E-state index in [2.05, 4.69) is 0 Å². The molecule has 152 valence electrons. The lowest BCUT2D eigenvalue weighted by molar-refractivity contribution is 0.0714. The lowest BCUT2D eigenvalue weighted by atomic mass is 10.0. The van der Waals surface area contributed by atoms with E-state index in [9.17, 15) is 13.2 Å². The first-order valence-electron chi connectivity index (χ1n) is 9.16. The molecule has 0 aromatic heterocycles. The number of para-hydroxylation sites is 1. The molecule has 1 heterocycles. The first-order chi connectivity index (χ1) is 12.9. The van der Waals surface area contributed by atoms with Crippen molar-refractivity contribution in [2.75, 3.05) is 23.9 Å². The van der Waals surface area contributed by atoms with E-state index in [1.807, 2.05) is 6.07 Å². The molecule has 3 rings (SSSR count). The molecule has 2 N–H and O–H groups in total. The van der Waals surface area contributed by atoms with E-state index >= 15 is 0 Å². The lowest BCUT2D eigenvalue weighted by Gasteiger charge is -2.30. The standard InChI is InChI=1S/C20H25N3O3S.ClH/c1-2-23(18-8-4-3-5-9-18)27(25,26)19-10-6-7-16(15-19)20(24)22-13-11-17(21)12-14-22;/h3-10,15,17H,2,11-14,21H2,1H3;1H. The topological polar surface area (TPSA) is 83.7 Å². The van der Waals surface area contributed by atoms with Crippen LogP contribution in [0, 0.1) is 0 Å². The van der Waals surface area contributed by atoms with Crippen LogP contribution in [0.1, 0.15) is 30.1 Å². The van der Waals surface area contributed by atoms with Crippen LogP contribution in [0.2, 0.25) is 0 Å². The Hall–Kier alpha value is -2.09. The van der Waals surface area contributed by atoms with Gasteiger partial charge in [-0.1, -0.05) is 24.3 Å². The van der Waals surface area contributed by atoms with Gasteiger partial charge in [-0.2, -0.15) is 0 Å². The van der Waals surface area contributed by atoms with Gasteiger partial charge in [-0.3, -0.25) is 9.10 Å². The molecule has 0 spiro atoms. The fourth-order valence-electron chi connectivity index (χ4n) is 3.29. The minimum Gasteiger partial charge on any atom is -0.339 e. The molecule has 0 radical (unpaired) electrons. The number of amides is 1. The van der Waals surface area contributed by atoms with Crippen molar-refractivity contribution in [1.29, 1.82) is 0 Å². The summed E-state index contributed by atoms with van der Waals surface area (Å²) < 4.78 is 27.6. The third kappa shape index (κ3) is 4.66. The van der Waals surface area contributed by atoms with Crippen LogP contribution in [0.15, 0.2) is 59.5 Å². The smallest absolute Gasteiger partial charge is 0.264 e. The number of anilines is 1. The van der Waals surface area contributed by atoms with E-state index < -0.39 is 10.0 Å². The van der Waals surface area contributed by atoms with Crippen LogP contribution < -0.4 is 10.0 Å². The van der Waals surface area contributed by atoms with Gasteiger partial charge in [0.05, 0.1) is 10.6 Å². The van der Waals surface area contributed by atoms with Gasteiger partial charge in [0.15, 0.2) is 0 Å². The molecule has 6 nitrogen and oxygen atoms in total. The average Bonchev–Trinajstić information content (AvgIpc) is 2.69. The highest BCUT2D eigenvalue weighted by atomic mass is 35.5. The largest absolute Gasteiger partial charge is 0.339 e. The van der Waals surface area contributed by atoms with Gasteiger partial charge in [-0.05, 0) is 50.1 Å². The van der Waals surface area contributed by atoms with Gasteiger partial charge in [-0.15, -0.1) is 12.4 Å². The predicted octanol–water partition coefficient (Wildman–Crippen LogP) is 2.89. The van der Waals surface area contributed by atoms with Gasteiger partial charge in [0.2, 0.25) is 0 Å². The number of rotatable bonds is 5. The van der Waals surface area contributed by atoms with Crippen molar-refractivity contribution >= 4 is 34.0 Å². The molecule has 0 aliphatic carbocycles. The maximum absolute atomic E-state index is 13.1. The first kappa shape index (κ1) is 22.2. The Labute approximate surface area is 172 Å². The number of nitrogens with zero attached hydrogens (tertiary/aromatic N) is 2. The minimum atomic E-state index is -3.76. The fourth-order valence-corrected chi connectivity index (χ4v) is 4.81. The number of piperidine rings is 1. The highest BCUT2D eigenvalue weighted by molar-refractivity contribution is 7.92. The molecule has 2 aromatic carbocycles. The molecular weight excluding hydrogens is 398 g/mol. The SMILES string of the molecule is CCN(c1ccccc1)S(=O)(=O)c1cccc(C(=O)N2CCC(N)CC2)c1.Cl. The summed E-state index contributed by atoms with van der Waals surface area (Å²) in [4.78, 5) is 14.6. The van der Waals surface area contributed by atoms with Crippen LogP contribution in [-0.2, 0) is 10.0 Å². The monoisotopic (exact) mass is 423 g/mol. The number of likely N-dealkylation sites (tertiary alicyclic amines) is 1. The Morgan fingerprint density at radius 3 is 2.36 bits per heavy atom. The van der Waals surface area contributed by atoms with Gasteiger partial charge in [0.25, 0.3) is 15.9 Å². The van der Waals surface area contributed by atoms with Crippen LogP contribution in [0.5, 0.6) is 0 Å². The maximum Gasteiger partial charge on any atom is 0.264 e. The summed E-state index contributed by atoms with van der Waals surface area (Å²) in [6.07, 6.45) is 1.53. The summed E-state index contributed by atoms with van der Waals surface area (Å²) in [6, 6.07) is 15.4. The Bertz CT molecular complexity index is 898. The highest BCUT2D eigenvalue weighted by Gasteiger charge is 2.26. The molecule has 2 aromatic rings. The van der Waals surface area contributed by atoms with E-state index in [4.69, 9.17) is 5.73 Å². The normalized spacial score (nSPS) is 15.0. The Kier molecular flexibility index (Phi) is 7.46. The second kappa shape index (κ2) is 9.41. The van der Waals surface area contributed by atoms with E-state index in [1.54, 1.807) is 48.2 Å². The van der Waals surface area contributed by atoms with Crippen molar-refractivity contribution in [3.63, 3.8) is 0 Å². The van der Waals surface area contributed by atoms with Gasteiger partial charge < -0.3 is 10.6 Å². The molecule has 1 amide bonds. The summed E-state index contributed by atoms with van der Waals surface area (Å²) in [5, 5.41) is 0. The number of sulfonamides is 1. The van der Waals surface area contributed by atoms with Gasteiger partial charge in [0, 0.05) is 31.2 Å². The molecule has 1 aliphatic rings. The van der Waals surface area contributed by atoms with Crippen molar-refractivity contribution in [2.45, 2.75) is 30.7 Å². The molecule has 1 aliphatic heterocycles. The zero-order chi connectivity index (χ0) is 19.4. The predicted molar refractivity (Wildman–Crippen MR) is 113 cm³/mol. The number of hydrogen-bond acceptors (Lipinski definition) is 4. The molecule has 0 unspecified atom stereocenters. The number of benzene rings is 2. The Balaban J connectivity index is 0.00000280. The minimum absolute atomic E-state index is 0. The van der Waals surface area contributed by atoms with Crippen LogP contribution >= 0.6 is 12.4 Å². The fraction of sp³-hybridized carbons (Fsp3) is 0.350. The zero-order valence-electron chi connectivity index (χ0n) is 15.8. The molecule has 0 saturated carbocycles. The molecule has 1 fully saturated rings. The number of carbonyl (C=O) groups excluding carboxylic acids is 1. The van der Waals surface area contributed by atoms with Crippen molar-refractivity contribution in [1.82, 2.24) is 4.90 Å². The van der Waals surface area contributed by atoms with E-state index in [1.165, 1.54) is 16.4 Å². The van der Waals surface area contributed by atoms with Crippen LogP contribution in [0.3, 0.4) is 0 Å². The average molecular weight is 424 g/mol. The third-order valence-electron chi connectivity index (χ3n) is 4.83. The second-order valence-corrected chi connectivity index (χ2v) is 8.53. The summed E-state index contributed by atoms with van der Waals surface area (Å²) in [5.74, 6) is -0.151. The number of halogens is 1. The van der Waals surface area contributed by atoms with Gasteiger partial charge >= 0.3 is 0 Å².